The molecule has 1 N–H and O–H groups in total. The van der Waals surface area contributed by atoms with E-state index in [1.165, 1.54) is 0 Å². The number of carbonyl (C=O) groups is 3. The third kappa shape index (κ3) is 6.75. The highest BCUT2D eigenvalue weighted by atomic mass is 35.5. The van der Waals surface area contributed by atoms with E-state index in [0.29, 0.717) is 23.7 Å². The fourth-order valence-electron chi connectivity index (χ4n) is 2.32. The Hall–Kier alpha value is -2.86. The SMILES string of the molecule is CCN(Cc1ccccc1)C(=O)COC(=O)CNC(=O)c1ccc(Cl)cc1. The molecular formula is C20H21ClN2O4. The number of carbonyl (C=O) groups excluding carboxylic acids is 3. The van der Waals surface area contributed by atoms with Crippen molar-refractivity contribution < 1.29 is 19.1 Å². The Morgan fingerprint density at radius 3 is 2.33 bits per heavy atom. The number of likely N-dealkylation sites (N-methyl/N-ethyl adjacent to an activating group) is 1. The first kappa shape index (κ1) is 20.5. The Kier molecular flexibility index (Phi) is 7.82. The van der Waals surface area contributed by atoms with E-state index < -0.39 is 11.9 Å². The van der Waals surface area contributed by atoms with Gasteiger partial charge in [0.05, 0.1) is 0 Å². The lowest BCUT2D eigenvalue weighted by Crippen LogP contribution is -2.36. The van der Waals surface area contributed by atoms with E-state index in [1.54, 1.807) is 29.2 Å². The van der Waals surface area contributed by atoms with Crippen LogP contribution in [0.5, 0.6) is 0 Å². The van der Waals surface area contributed by atoms with Gasteiger partial charge in [0.1, 0.15) is 6.54 Å². The molecule has 0 aliphatic carbocycles. The van der Waals surface area contributed by atoms with Gasteiger partial charge in [-0.3, -0.25) is 14.4 Å². The number of halogens is 1. The molecule has 0 saturated carbocycles. The van der Waals surface area contributed by atoms with Crippen molar-refractivity contribution in [3.05, 3.63) is 70.7 Å². The summed E-state index contributed by atoms with van der Waals surface area (Å²) in [7, 11) is 0. The minimum absolute atomic E-state index is 0.293. The molecule has 142 valence electrons. The minimum Gasteiger partial charge on any atom is -0.454 e. The summed E-state index contributed by atoms with van der Waals surface area (Å²) >= 11 is 5.76. The highest BCUT2D eigenvalue weighted by molar-refractivity contribution is 6.30. The third-order valence-electron chi connectivity index (χ3n) is 3.81. The Morgan fingerprint density at radius 2 is 1.70 bits per heavy atom. The average molecular weight is 389 g/mol. The zero-order valence-corrected chi connectivity index (χ0v) is 15.7. The molecule has 0 bridgehead atoms. The molecule has 7 heteroatoms. The first-order chi connectivity index (χ1) is 13.0. The highest BCUT2D eigenvalue weighted by Gasteiger charge is 2.15. The number of hydrogen-bond donors (Lipinski definition) is 1. The smallest absolute Gasteiger partial charge is 0.325 e. The number of amides is 2. The lowest BCUT2D eigenvalue weighted by Gasteiger charge is -2.20. The number of hydrogen-bond acceptors (Lipinski definition) is 4. The van der Waals surface area contributed by atoms with Gasteiger partial charge in [0.25, 0.3) is 11.8 Å². The summed E-state index contributed by atoms with van der Waals surface area (Å²) in [5, 5.41) is 2.96. The second-order valence-corrected chi connectivity index (χ2v) is 6.18. The van der Waals surface area contributed by atoms with Crippen LogP contribution in [0.25, 0.3) is 0 Å². The molecule has 0 aromatic heterocycles. The second kappa shape index (κ2) is 10.3. The number of nitrogens with zero attached hydrogens (tertiary/aromatic N) is 1. The van der Waals surface area contributed by atoms with Gasteiger partial charge in [0, 0.05) is 23.7 Å². The molecule has 0 fully saturated rings. The van der Waals surface area contributed by atoms with E-state index in [-0.39, 0.29) is 19.1 Å². The molecule has 2 aromatic carbocycles. The van der Waals surface area contributed by atoms with Crippen molar-refractivity contribution >= 4 is 29.4 Å². The topological polar surface area (TPSA) is 75.7 Å². The molecule has 0 aliphatic heterocycles. The fraction of sp³-hybridized carbons (Fsp3) is 0.250. The van der Waals surface area contributed by atoms with Crippen LogP contribution in [0.1, 0.15) is 22.8 Å². The molecule has 0 heterocycles. The predicted octanol–water partition coefficient (Wildman–Crippen LogP) is 2.66. The maximum absolute atomic E-state index is 12.2. The molecular weight excluding hydrogens is 368 g/mol. The summed E-state index contributed by atoms with van der Waals surface area (Å²) in [5.74, 6) is -1.39. The normalized spacial score (nSPS) is 10.1. The Labute approximate surface area is 163 Å². The van der Waals surface area contributed by atoms with Gasteiger partial charge in [-0.2, -0.15) is 0 Å². The van der Waals surface area contributed by atoms with Gasteiger partial charge in [-0.05, 0) is 36.8 Å². The lowest BCUT2D eigenvalue weighted by molar-refractivity contribution is -0.151. The molecule has 6 nitrogen and oxygen atoms in total. The van der Waals surface area contributed by atoms with Crippen molar-refractivity contribution in [3.8, 4) is 0 Å². The lowest BCUT2D eigenvalue weighted by atomic mass is 10.2. The molecule has 0 aliphatic rings. The van der Waals surface area contributed by atoms with E-state index in [9.17, 15) is 14.4 Å². The van der Waals surface area contributed by atoms with Crippen LogP contribution in [0.3, 0.4) is 0 Å². The van der Waals surface area contributed by atoms with Gasteiger partial charge >= 0.3 is 5.97 Å². The van der Waals surface area contributed by atoms with Gasteiger partial charge in [-0.15, -0.1) is 0 Å². The van der Waals surface area contributed by atoms with E-state index in [0.717, 1.165) is 5.56 Å². The van der Waals surface area contributed by atoms with Crippen LogP contribution in [0.4, 0.5) is 0 Å². The minimum atomic E-state index is -0.679. The van der Waals surface area contributed by atoms with Gasteiger partial charge in [0.15, 0.2) is 6.61 Å². The van der Waals surface area contributed by atoms with Crippen LogP contribution in [-0.4, -0.2) is 42.4 Å². The number of esters is 1. The number of ether oxygens (including phenoxy) is 1. The monoisotopic (exact) mass is 388 g/mol. The molecule has 0 spiro atoms. The highest BCUT2D eigenvalue weighted by Crippen LogP contribution is 2.09. The Balaban J connectivity index is 1.75. The molecule has 27 heavy (non-hydrogen) atoms. The van der Waals surface area contributed by atoms with Gasteiger partial charge in [-0.25, -0.2) is 0 Å². The van der Waals surface area contributed by atoms with Crippen molar-refractivity contribution in [2.75, 3.05) is 19.7 Å². The van der Waals surface area contributed by atoms with Gasteiger partial charge < -0.3 is 15.0 Å². The Morgan fingerprint density at radius 1 is 1.04 bits per heavy atom. The summed E-state index contributed by atoms with van der Waals surface area (Å²) in [5.41, 5.74) is 1.37. The summed E-state index contributed by atoms with van der Waals surface area (Å²) in [4.78, 5) is 37.5. The van der Waals surface area contributed by atoms with Crippen molar-refractivity contribution in [2.45, 2.75) is 13.5 Å². The average Bonchev–Trinajstić information content (AvgIpc) is 2.69. The molecule has 0 saturated heterocycles. The van der Waals surface area contributed by atoms with Gasteiger partial charge in [-0.1, -0.05) is 41.9 Å². The summed E-state index contributed by atoms with van der Waals surface area (Å²) in [6.07, 6.45) is 0. The van der Waals surface area contributed by atoms with E-state index in [2.05, 4.69) is 5.32 Å². The van der Waals surface area contributed by atoms with Crippen LogP contribution >= 0.6 is 11.6 Å². The predicted molar refractivity (Wildman–Crippen MR) is 102 cm³/mol. The molecule has 2 rings (SSSR count). The van der Waals surface area contributed by atoms with Crippen molar-refractivity contribution in [1.82, 2.24) is 10.2 Å². The second-order valence-electron chi connectivity index (χ2n) is 5.74. The first-order valence-corrected chi connectivity index (χ1v) is 8.88. The molecule has 0 unspecified atom stereocenters. The number of nitrogens with one attached hydrogen (secondary N) is 1. The van der Waals surface area contributed by atoms with E-state index in [1.807, 2.05) is 37.3 Å². The summed E-state index contributed by atoms with van der Waals surface area (Å²) in [6, 6.07) is 15.8. The molecule has 2 aromatic rings. The maximum Gasteiger partial charge on any atom is 0.325 e. The number of rotatable bonds is 8. The largest absolute Gasteiger partial charge is 0.454 e. The third-order valence-corrected chi connectivity index (χ3v) is 4.06. The van der Waals surface area contributed by atoms with Crippen molar-refractivity contribution in [3.63, 3.8) is 0 Å². The van der Waals surface area contributed by atoms with Crippen LogP contribution in [-0.2, 0) is 20.9 Å². The van der Waals surface area contributed by atoms with Crippen LogP contribution in [0.15, 0.2) is 54.6 Å². The standard InChI is InChI=1S/C20H21ClN2O4/c1-2-23(13-15-6-4-3-5-7-15)18(24)14-27-19(25)12-22-20(26)16-8-10-17(21)11-9-16/h3-11H,2,12-14H2,1H3,(H,22,26). The first-order valence-electron chi connectivity index (χ1n) is 8.50. The molecule has 2 amide bonds. The van der Waals surface area contributed by atoms with Crippen molar-refractivity contribution in [2.24, 2.45) is 0 Å². The van der Waals surface area contributed by atoms with Crippen LogP contribution in [0.2, 0.25) is 5.02 Å². The summed E-state index contributed by atoms with van der Waals surface area (Å²) < 4.78 is 4.96. The van der Waals surface area contributed by atoms with Crippen molar-refractivity contribution in [1.29, 1.82) is 0 Å². The van der Waals surface area contributed by atoms with Crippen LogP contribution < -0.4 is 5.32 Å². The maximum atomic E-state index is 12.2. The molecule has 0 atom stereocenters. The van der Waals surface area contributed by atoms with E-state index in [4.69, 9.17) is 16.3 Å². The Bertz CT molecular complexity index is 778. The fourth-order valence-corrected chi connectivity index (χ4v) is 2.45. The zero-order valence-electron chi connectivity index (χ0n) is 15.0. The van der Waals surface area contributed by atoms with Crippen LogP contribution in [0, 0.1) is 0 Å². The number of benzene rings is 2. The summed E-state index contributed by atoms with van der Waals surface area (Å²) in [6.45, 7) is 2.12. The molecule has 0 radical (unpaired) electrons. The zero-order chi connectivity index (χ0) is 19.6. The quantitative estimate of drug-likeness (QED) is 0.705. The van der Waals surface area contributed by atoms with E-state index >= 15 is 0 Å². The van der Waals surface area contributed by atoms with Gasteiger partial charge in [0.2, 0.25) is 0 Å².